The van der Waals surface area contributed by atoms with Gasteiger partial charge in [0.25, 0.3) is 11.8 Å². The molecule has 2 rings (SSSR count). The largest absolute Gasteiger partial charge is 0.484 e. The summed E-state index contributed by atoms with van der Waals surface area (Å²) in [7, 11) is 0. The maximum absolute atomic E-state index is 11.8. The van der Waals surface area contributed by atoms with Crippen LogP contribution < -0.4 is 15.4 Å². The molecule has 0 heterocycles. The van der Waals surface area contributed by atoms with E-state index in [4.69, 9.17) is 16.3 Å². The lowest BCUT2D eigenvalue weighted by atomic mass is 10.1. The van der Waals surface area contributed by atoms with E-state index < -0.39 is 0 Å². The van der Waals surface area contributed by atoms with E-state index in [9.17, 15) is 9.59 Å². The zero-order chi connectivity index (χ0) is 18.2. The van der Waals surface area contributed by atoms with Crippen LogP contribution >= 0.6 is 11.6 Å². The molecule has 0 saturated heterocycles. The third-order valence-electron chi connectivity index (χ3n) is 3.55. The number of aryl methyl sites for hydroxylation is 2. The van der Waals surface area contributed by atoms with Gasteiger partial charge in [-0.25, -0.2) is 0 Å². The molecule has 132 valence electrons. The van der Waals surface area contributed by atoms with E-state index in [1.165, 1.54) is 0 Å². The molecule has 5 nitrogen and oxygen atoms in total. The highest BCUT2D eigenvalue weighted by Crippen LogP contribution is 2.25. The Morgan fingerprint density at radius 1 is 1.00 bits per heavy atom. The summed E-state index contributed by atoms with van der Waals surface area (Å²) in [6.07, 6.45) is 0. The maximum Gasteiger partial charge on any atom is 0.258 e. The molecular formula is C19H21ClN2O3. The normalized spacial score (nSPS) is 10.2. The second-order valence-corrected chi connectivity index (χ2v) is 6.01. The molecule has 6 heteroatoms. The molecule has 0 aliphatic rings. The first-order chi connectivity index (χ1) is 12.0. The number of rotatable bonds is 7. The fourth-order valence-electron chi connectivity index (χ4n) is 2.26. The second-order valence-electron chi connectivity index (χ2n) is 5.63. The van der Waals surface area contributed by atoms with Crippen molar-refractivity contribution < 1.29 is 14.3 Å². The fourth-order valence-corrected chi connectivity index (χ4v) is 2.37. The van der Waals surface area contributed by atoms with Gasteiger partial charge in [0, 0.05) is 23.7 Å². The van der Waals surface area contributed by atoms with Gasteiger partial charge in [0.2, 0.25) is 0 Å². The lowest BCUT2D eigenvalue weighted by molar-refractivity contribution is -0.123. The topological polar surface area (TPSA) is 67.4 Å². The number of hydrogen-bond donors (Lipinski definition) is 2. The highest BCUT2D eigenvalue weighted by molar-refractivity contribution is 6.32. The minimum absolute atomic E-state index is 0.0901. The van der Waals surface area contributed by atoms with Gasteiger partial charge >= 0.3 is 0 Å². The van der Waals surface area contributed by atoms with Crippen molar-refractivity contribution in [3.63, 3.8) is 0 Å². The van der Waals surface area contributed by atoms with Crippen LogP contribution in [0.5, 0.6) is 5.75 Å². The molecule has 0 spiro atoms. The molecule has 0 fully saturated rings. The van der Waals surface area contributed by atoms with Gasteiger partial charge in [-0.2, -0.15) is 0 Å². The van der Waals surface area contributed by atoms with Crippen molar-refractivity contribution in [2.75, 3.05) is 19.7 Å². The van der Waals surface area contributed by atoms with Gasteiger partial charge in [0.05, 0.1) is 0 Å². The number of carbonyl (C=O) groups excluding carboxylic acids is 2. The molecule has 2 N–H and O–H groups in total. The molecule has 2 aromatic rings. The SMILES string of the molecule is Cc1cc(OCC(=O)NCCNC(=O)c2ccccc2)cc(C)c1Cl. The standard InChI is InChI=1S/C19H21ClN2O3/c1-13-10-16(11-14(2)18(13)20)25-12-17(23)21-8-9-22-19(24)15-6-4-3-5-7-15/h3-7,10-11H,8-9,12H2,1-2H3,(H,21,23)(H,22,24). The van der Waals surface area contributed by atoms with Gasteiger partial charge in [-0.1, -0.05) is 29.8 Å². The lowest BCUT2D eigenvalue weighted by Gasteiger charge is -2.10. The monoisotopic (exact) mass is 360 g/mol. The van der Waals surface area contributed by atoms with Gasteiger partial charge in [-0.15, -0.1) is 0 Å². The molecule has 0 radical (unpaired) electrons. The van der Waals surface area contributed by atoms with Crippen molar-refractivity contribution in [3.8, 4) is 5.75 Å². The lowest BCUT2D eigenvalue weighted by Crippen LogP contribution is -2.36. The Kier molecular flexibility index (Phi) is 6.83. The summed E-state index contributed by atoms with van der Waals surface area (Å²) < 4.78 is 5.47. The van der Waals surface area contributed by atoms with Gasteiger partial charge < -0.3 is 15.4 Å². The van der Waals surface area contributed by atoms with Crippen LogP contribution in [0, 0.1) is 13.8 Å². The van der Waals surface area contributed by atoms with Crippen LogP contribution in [0.15, 0.2) is 42.5 Å². The quantitative estimate of drug-likeness (QED) is 0.746. The van der Waals surface area contributed by atoms with E-state index in [-0.39, 0.29) is 18.4 Å². The predicted octanol–water partition coefficient (Wildman–Crippen LogP) is 2.88. The van der Waals surface area contributed by atoms with Crippen molar-refractivity contribution in [2.24, 2.45) is 0 Å². The number of ether oxygens (including phenoxy) is 1. The average Bonchev–Trinajstić information content (AvgIpc) is 2.62. The van der Waals surface area contributed by atoms with E-state index in [0.717, 1.165) is 11.1 Å². The fraction of sp³-hybridized carbons (Fsp3) is 0.263. The number of halogens is 1. The van der Waals surface area contributed by atoms with Gasteiger partial charge in [0.1, 0.15) is 5.75 Å². The molecule has 0 unspecified atom stereocenters. The molecule has 0 aromatic heterocycles. The van der Waals surface area contributed by atoms with E-state index >= 15 is 0 Å². The van der Waals surface area contributed by atoms with E-state index in [0.29, 0.717) is 29.4 Å². The summed E-state index contributed by atoms with van der Waals surface area (Å²) in [6, 6.07) is 12.5. The Balaban J connectivity index is 1.68. The van der Waals surface area contributed by atoms with Crippen LogP contribution in [0.2, 0.25) is 5.02 Å². The van der Waals surface area contributed by atoms with Crippen molar-refractivity contribution >= 4 is 23.4 Å². The van der Waals surface area contributed by atoms with Crippen LogP contribution in [-0.2, 0) is 4.79 Å². The van der Waals surface area contributed by atoms with Crippen LogP contribution in [0.25, 0.3) is 0 Å². The summed E-state index contributed by atoms with van der Waals surface area (Å²) in [6.45, 7) is 4.36. The van der Waals surface area contributed by atoms with Crippen molar-refractivity contribution in [2.45, 2.75) is 13.8 Å². The summed E-state index contributed by atoms with van der Waals surface area (Å²) in [5, 5.41) is 6.14. The van der Waals surface area contributed by atoms with E-state index in [2.05, 4.69) is 10.6 Å². The highest BCUT2D eigenvalue weighted by Gasteiger charge is 2.07. The highest BCUT2D eigenvalue weighted by atomic mass is 35.5. The Labute approximate surface area is 152 Å². The van der Waals surface area contributed by atoms with Crippen molar-refractivity contribution in [3.05, 3.63) is 64.2 Å². The minimum atomic E-state index is -0.251. The third kappa shape index (κ3) is 5.80. The summed E-state index contributed by atoms with van der Waals surface area (Å²) in [4.78, 5) is 23.6. The van der Waals surface area contributed by atoms with Gasteiger partial charge in [0.15, 0.2) is 6.61 Å². The maximum atomic E-state index is 11.8. The average molecular weight is 361 g/mol. The summed E-state index contributed by atoms with van der Waals surface area (Å²) in [5.41, 5.74) is 2.40. The first-order valence-corrected chi connectivity index (χ1v) is 8.34. The number of benzene rings is 2. The third-order valence-corrected chi connectivity index (χ3v) is 4.14. The molecule has 2 amide bonds. The molecule has 25 heavy (non-hydrogen) atoms. The number of amides is 2. The number of carbonyl (C=O) groups is 2. The molecule has 0 atom stereocenters. The molecule has 0 aliphatic carbocycles. The Hall–Kier alpha value is -2.53. The van der Waals surface area contributed by atoms with E-state index in [1.54, 1.807) is 36.4 Å². The first kappa shape index (κ1) is 18.8. The zero-order valence-electron chi connectivity index (χ0n) is 14.3. The smallest absolute Gasteiger partial charge is 0.258 e. The first-order valence-electron chi connectivity index (χ1n) is 7.97. The second kappa shape index (κ2) is 9.08. The van der Waals surface area contributed by atoms with Gasteiger partial charge in [-0.3, -0.25) is 9.59 Å². The Morgan fingerprint density at radius 3 is 2.24 bits per heavy atom. The summed E-state index contributed by atoms with van der Waals surface area (Å²) >= 11 is 6.10. The molecular weight excluding hydrogens is 340 g/mol. The van der Waals surface area contributed by atoms with Crippen LogP contribution in [0.3, 0.4) is 0 Å². The van der Waals surface area contributed by atoms with E-state index in [1.807, 2.05) is 19.9 Å². The van der Waals surface area contributed by atoms with Crippen LogP contribution in [0.4, 0.5) is 0 Å². The Morgan fingerprint density at radius 2 is 1.60 bits per heavy atom. The number of hydrogen-bond acceptors (Lipinski definition) is 3. The summed E-state index contributed by atoms with van der Waals surface area (Å²) in [5.74, 6) is 0.185. The molecule has 2 aromatic carbocycles. The molecule has 0 bridgehead atoms. The number of nitrogens with one attached hydrogen (secondary N) is 2. The molecule has 0 saturated carbocycles. The minimum Gasteiger partial charge on any atom is -0.484 e. The van der Waals surface area contributed by atoms with Gasteiger partial charge in [-0.05, 0) is 49.2 Å². The molecule has 0 aliphatic heterocycles. The zero-order valence-corrected chi connectivity index (χ0v) is 15.0. The van der Waals surface area contributed by atoms with Crippen LogP contribution in [0.1, 0.15) is 21.5 Å². The predicted molar refractivity (Wildman–Crippen MR) is 98.2 cm³/mol. The van der Waals surface area contributed by atoms with Crippen molar-refractivity contribution in [1.29, 1.82) is 0 Å². The van der Waals surface area contributed by atoms with Crippen LogP contribution in [-0.4, -0.2) is 31.5 Å². The Bertz CT molecular complexity index is 725. The van der Waals surface area contributed by atoms with Crippen molar-refractivity contribution in [1.82, 2.24) is 10.6 Å².